The maximum Gasteiger partial charge on any atom is 0.414 e. The highest BCUT2D eigenvalue weighted by Crippen LogP contribution is 2.26. The smallest absolute Gasteiger partial charge is 0.414 e. The van der Waals surface area contributed by atoms with Crippen molar-refractivity contribution in [2.45, 2.75) is 24.8 Å². The van der Waals surface area contributed by atoms with Crippen molar-refractivity contribution < 1.29 is 36.9 Å². The number of ether oxygens (including phenoxy) is 4. The second-order valence-electron chi connectivity index (χ2n) is 5.47. The lowest BCUT2D eigenvalue weighted by molar-refractivity contribution is -0.215. The molecule has 140 valence electrons. The molecule has 1 saturated heterocycles. The van der Waals surface area contributed by atoms with Crippen LogP contribution < -0.4 is 9.64 Å². The Balaban J connectivity index is 1.87. The first-order valence-corrected chi connectivity index (χ1v) is 7.64. The van der Waals surface area contributed by atoms with Gasteiger partial charge in [0.25, 0.3) is 0 Å². The molecule has 1 heterocycles. The van der Waals surface area contributed by atoms with E-state index in [0.29, 0.717) is 24.6 Å². The van der Waals surface area contributed by atoms with E-state index in [1.807, 2.05) is 0 Å². The number of hydrogen-bond donors (Lipinski definition) is 0. The zero-order valence-electron chi connectivity index (χ0n) is 13.9. The van der Waals surface area contributed by atoms with Crippen LogP contribution in [0.1, 0.15) is 6.42 Å². The molecule has 0 bridgehead atoms. The number of anilines is 1. The third kappa shape index (κ3) is 5.23. The Morgan fingerprint density at radius 3 is 2.52 bits per heavy atom. The van der Waals surface area contributed by atoms with Gasteiger partial charge in [0.05, 0.1) is 19.8 Å². The molecule has 1 aromatic carbocycles. The molecule has 25 heavy (non-hydrogen) atoms. The molecule has 0 aliphatic carbocycles. The Bertz CT molecular complexity index is 564. The van der Waals surface area contributed by atoms with Gasteiger partial charge in [0, 0.05) is 26.3 Å². The third-order valence-electron chi connectivity index (χ3n) is 3.67. The number of halogens is 3. The van der Waals surface area contributed by atoms with E-state index in [0.717, 1.165) is 7.11 Å². The lowest BCUT2D eigenvalue weighted by Gasteiger charge is -2.19. The van der Waals surface area contributed by atoms with Crippen molar-refractivity contribution in [3.05, 3.63) is 24.3 Å². The average molecular weight is 363 g/mol. The number of carbonyl (C=O) groups excluding carboxylic acids is 1. The predicted octanol–water partition coefficient (Wildman–Crippen LogP) is 3.00. The van der Waals surface area contributed by atoms with Gasteiger partial charge in [-0.15, -0.1) is 0 Å². The maximum atomic E-state index is 12.6. The summed E-state index contributed by atoms with van der Waals surface area (Å²) in [4.78, 5) is 13.3. The van der Waals surface area contributed by atoms with Gasteiger partial charge in [-0.3, -0.25) is 4.90 Å². The number of benzene rings is 1. The van der Waals surface area contributed by atoms with Gasteiger partial charge in [-0.05, 0) is 24.3 Å². The van der Waals surface area contributed by atoms with Crippen LogP contribution in [0, 0.1) is 0 Å². The molecule has 0 spiro atoms. The van der Waals surface area contributed by atoms with E-state index in [9.17, 15) is 18.0 Å². The van der Waals surface area contributed by atoms with Crippen molar-refractivity contribution in [3.63, 3.8) is 0 Å². The summed E-state index contributed by atoms with van der Waals surface area (Å²) in [5, 5.41) is 0. The van der Waals surface area contributed by atoms with Crippen LogP contribution in [-0.4, -0.2) is 58.5 Å². The van der Waals surface area contributed by atoms with Crippen molar-refractivity contribution in [1.29, 1.82) is 0 Å². The minimum atomic E-state index is -4.42. The minimum absolute atomic E-state index is 0.140. The van der Waals surface area contributed by atoms with E-state index in [2.05, 4.69) is 4.74 Å². The first-order chi connectivity index (χ1) is 11.8. The molecule has 9 heteroatoms. The number of carbonyl (C=O) groups is 1. The summed E-state index contributed by atoms with van der Waals surface area (Å²) in [7, 11) is 2.54. The number of methoxy groups -OCH3 is 2. The van der Waals surface area contributed by atoms with Crippen molar-refractivity contribution in [2.24, 2.45) is 0 Å². The molecule has 1 fully saturated rings. The summed E-state index contributed by atoms with van der Waals surface area (Å²) in [5.41, 5.74) is 0.612. The topological polar surface area (TPSA) is 57.2 Å². The lowest BCUT2D eigenvalue weighted by atomic mass is 10.2. The molecule has 6 nitrogen and oxygen atoms in total. The van der Waals surface area contributed by atoms with Crippen LogP contribution in [0.4, 0.5) is 23.7 Å². The Morgan fingerprint density at radius 2 is 1.96 bits per heavy atom. The van der Waals surface area contributed by atoms with Crippen LogP contribution in [0.2, 0.25) is 0 Å². The molecule has 2 atom stereocenters. The normalized spacial score (nSPS) is 19.0. The minimum Gasteiger partial charge on any atom is -0.493 e. The van der Waals surface area contributed by atoms with Crippen LogP contribution in [0.15, 0.2) is 24.3 Å². The second kappa shape index (κ2) is 8.39. The van der Waals surface area contributed by atoms with E-state index in [1.54, 1.807) is 24.3 Å². The van der Waals surface area contributed by atoms with Crippen LogP contribution >= 0.6 is 0 Å². The van der Waals surface area contributed by atoms with Gasteiger partial charge >= 0.3 is 12.3 Å². The predicted molar refractivity (Wildman–Crippen MR) is 82.9 cm³/mol. The Hall–Kier alpha value is -2.00. The largest absolute Gasteiger partial charge is 0.493 e. The van der Waals surface area contributed by atoms with Crippen molar-refractivity contribution in [1.82, 2.24) is 0 Å². The van der Waals surface area contributed by atoms with Crippen LogP contribution in [0.3, 0.4) is 0 Å². The highest BCUT2D eigenvalue weighted by atomic mass is 19.4. The molecule has 0 saturated carbocycles. The third-order valence-corrected chi connectivity index (χ3v) is 3.67. The first kappa shape index (κ1) is 19.3. The van der Waals surface area contributed by atoms with Crippen LogP contribution in [0.5, 0.6) is 5.75 Å². The first-order valence-electron chi connectivity index (χ1n) is 7.64. The van der Waals surface area contributed by atoms with Gasteiger partial charge < -0.3 is 18.9 Å². The van der Waals surface area contributed by atoms with Gasteiger partial charge in [0.1, 0.15) is 11.9 Å². The van der Waals surface area contributed by atoms with Gasteiger partial charge in [-0.25, -0.2) is 4.79 Å². The highest BCUT2D eigenvalue weighted by molar-refractivity contribution is 5.89. The molecule has 1 aromatic rings. The summed E-state index contributed by atoms with van der Waals surface area (Å²) < 4.78 is 57.5. The Labute approximate surface area is 143 Å². The quantitative estimate of drug-likeness (QED) is 0.711. The molecule has 1 aliphatic heterocycles. The van der Waals surface area contributed by atoms with E-state index in [4.69, 9.17) is 14.2 Å². The van der Waals surface area contributed by atoms with E-state index < -0.39 is 18.4 Å². The van der Waals surface area contributed by atoms with E-state index in [-0.39, 0.29) is 19.1 Å². The monoisotopic (exact) mass is 363 g/mol. The summed E-state index contributed by atoms with van der Waals surface area (Å²) in [6.45, 7) is 0.538. The summed E-state index contributed by atoms with van der Waals surface area (Å²) in [6.07, 6.45) is -7.38. The molecule has 2 rings (SSSR count). The summed E-state index contributed by atoms with van der Waals surface area (Å²) in [5.74, 6) is 0.404. The summed E-state index contributed by atoms with van der Waals surface area (Å²) >= 11 is 0. The number of hydrogen-bond acceptors (Lipinski definition) is 5. The summed E-state index contributed by atoms with van der Waals surface area (Å²) in [6, 6.07) is 6.45. The number of nitrogens with zero attached hydrogens (tertiary/aromatic N) is 1. The molecular weight excluding hydrogens is 343 g/mol. The number of rotatable bonds is 8. The maximum absolute atomic E-state index is 12.6. The molecule has 0 aromatic heterocycles. The van der Waals surface area contributed by atoms with Gasteiger partial charge in [-0.2, -0.15) is 13.2 Å². The van der Waals surface area contributed by atoms with Gasteiger partial charge in [0.15, 0.2) is 6.10 Å². The zero-order chi connectivity index (χ0) is 18.4. The lowest BCUT2D eigenvalue weighted by Crippen LogP contribution is -2.32. The molecular formula is C16H20F3NO5. The SMILES string of the molecule is COC[C@H]1CN(c2ccc(OCC[C@@H](OC)C(F)(F)F)cc2)C(=O)O1. The van der Waals surface area contributed by atoms with Crippen molar-refractivity contribution in [2.75, 3.05) is 38.9 Å². The molecule has 0 radical (unpaired) electrons. The highest BCUT2D eigenvalue weighted by Gasteiger charge is 2.39. The zero-order valence-corrected chi connectivity index (χ0v) is 13.9. The Kier molecular flexibility index (Phi) is 6.49. The van der Waals surface area contributed by atoms with Crippen LogP contribution in [0.25, 0.3) is 0 Å². The standard InChI is InChI=1S/C16H20F3NO5/c1-22-10-13-9-20(15(21)25-13)11-3-5-12(6-4-11)24-8-7-14(23-2)16(17,18)19/h3-6,13-14H,7-10H2,1-2H3/t13-,14-/m1/s1. The van der Waals surface area contributed by atoms with Crippen molar-refractivity contribution >= 4 is 11.8 Å². The molecule has 0 unspecified atom stereocenters. The molecule has 1 aliphatic rings. The van der Waals surface area contributed by atoms with Crippen LogP contribution in [-0.2, 0) is 14.2 Å². The van der Waals surface area contributed by atoms with E-state index >= 15 is 0 Å². The number of amides is 1. The molecule has 1 amide bonds. The van der Waals surface area contributed by atoms with E-state index in [1.165, 1.54) is 12.0 Å². The Morgan fingerprint density at radius 1 is 1.28 bits per heavy atom. The van der Waals surface area contributed by atoms with Crippen molar-refractivity contribution in [3.8, 4) is 5.75 Å². The fraction of sp³-hybridized carbons (Fsp3) is 0.562. The fourth-order valence-electron chi connectivity index (χ4n) is 2.43. The van der Waals surface area contributed by atoms with Gasteiger partial charge in [0.2, 0.25) is 0 Å². The number of cyclic esters (lactones) is 1. The number of alkyl halides is 3. The molecule has 0 N–H and O–H groups in total. The fourth-order valence-corrected chi connectivity index (χ4v) is 2.43. The second-order valence-corrected chi connectivity index (χ2v) is 5.47. The average Bonchev–Trinajstić information content (AvgIpc) is 2.92. The van der Waals surface area contributed by atoms with Gasteiger partial charge in [-0.1, -0.05) is 0 Å².